The first-order chi connectivity index (χ1) is 15.0. The monoisotopic (exact) mass is 460 g/mol. The Bertz CT molecular complexity index is 1130. The van der Waals surface area contributed by atoms with Gasteiger partial charge in [0.25, 0.3) is 5.91 Å². The molecule has 2 aromatic rings. The SMILES string of the molecule is Cc1cc2c(cc1S(=O)(=O)N(C)CC(=O)NCc1ccc(N(C)C)cc1)O[C@@H](C)C(=O)N2. The van der Waals surface area contributed by atoms with Crippen molar-refractivity contribution in [2.45, 2.75) is 31.4 Å². The van der Waals surface area contributed by atoms with Gasteiger partial charge in [-0.25, -0.2) is 8.42 Å². The first-order valence-corrected chi connectivity index (χ1v) is 11.5. The van der Waals surface area contributed by atoms with Crippen LogP contribution < -0.4 is 20.3 Å². The van der Waals surface area contributed by atoms with Gasteiger partial charge in [0, 0.05) is 39.4 Å². The van der Waals surface area contributed by atoms with Crippen LogP contribution in [-0.4, -0.2) is 58.3 Å². The number of carbonyl (C=O) groups excluding carboxylic acids is 2. The van der Waals surface area contributed by atoms with Gasteiger partial charge < -0.3 is 20.3 Å². The number of hydrogen-bond donors (Lipinski definition) is 2. The highest BCUT2D eigenvalue weighted by Crippen LogP contribution is 2.35. The maximum atomic E-state index is 13.1. The Hall–Kier alpha value is -3.11. The van der Waals surface area contributed by atoms with Gasteiger partial charge in [-0.15, -0.1) is 0 Å². The molecule has 0 fully saturated rings. The van der Waals surface area contributed by atoms with E-state index in [1.165, 1.54) is 13.1 Å². The molecule has 1 atom stereocenters. The topological polar surface area (TPSA) is 108 Å². The maximum absolute atomic E-state index is 13.1. The summed E-state index contributed by atoms with van der Waals surface area (Å²) < 4.78 is 32.7. The Balaban J connectivity index is 1.67. The lowest BCUT2D eigenvalue weighted by Crippen LogP contribution is -2.38. The van der Waals surface area contributed by atoms with E-state index in [1.807, 2.05) is 43.3 Å². The van der Waals surface area contributed by atoms with Crippen molar-refractivity contribution in [3.05, 3.63) is 47.5 Å². The molecule has 2 amide bonds. The molecule has 0 unspecified atom stereocenters. The second-order valence-corrected chi connectivity index (χ2v) is 9.98. The zero-order valence-electron chi connectivity index (χ0n) is 18.8. The van der Waals surface area contributed by atoms with E-state index in [2.05, 4.69) is 10.6 Å². The van der Waals surface area contributed by atoms with Crippen molar-refractivity contribution in [1.82, 2.24) is 9.62 Å². The molecule has 2 aromatic carbocycles. The highest BCUT2D eigenvalue weighted by Gasteiger charge is 2.30. The summed E-state index contributed by atoms with van der Waals surface area (Å²) in [4.78, 5) is 26.2. The van der Waals surface area contributed by atoms with E-state index in [-0.39, 0.29) is 23.1 Å². The van der Waals surface area contributed by atoms with Crippen LogP contribution in [0.4, 0.5) is 11.4 Å². The molecule has 0 saturated carbocycles. The summed E-state index contributed by atoms with van der Waals surface area (Å²) >= 11 is 0. The molecule has 0 saturated heterocycles. The molecular formula is C22H28N4O5S. The van der Waals surface area contributed by atoms with Crippen LogP contribution in [0.15, 0.2) is 41.3 Å². The van der Waals surface area contributed by atoms with E-state index in [0.717, 1.165) is 15.6 Å². The van der Waals surface area contributed by atoms with Crippen molar-refractivity contribution in [3.63, 3.8) is 0 Å². The van der Waals surface area contributed by atoms with Gasteiger partial charge in [0.15, 0.2) is 6.10 Å². The number of sulfonamides is 1. The van der Waals surface area contributed by atoms with Gasteiger partial charge in [0.1, 0.15) is 5.75 Å². The number of fused-ring (bicyclic) bond motifs is 1. The Kier molecular flexibility index (Phi) is 6.75. The van der Waals surface area contributed by atoms with Crippen LogP contribution in [0.5, 0.6) is 5.75 Å². The Morgan fingerprint density at radius 3 is 2.44 bits per heavy atom. The predicted octanol–water partition coefficient (Wildman–Crippen LogP) is 1.72. The largest absolute Gasteiger partial charge is 0.479 e. The van der Waals surface area contributed by atoms with E-state index in [4.69, 9.17) is 4.74 Å². The second kappa shape index (κ2) is 9.17. The zero-order chi connectivity index (χ0) is 23.6. The van der Waals surface area contributed by atoms with E-state index in [1.54, 1.807) is 19.9 Å². The minimum absolute atomic E-state index is 0.0224. The van der Waals surface area contributed by atoms with Crippen LogP contribution in [0.2, 0.25) is 0 Å². The molecule has 0 aliphatic carbocycles. The highest BCUT2D eigenvalue weighted by molar-refractivity contribution is 7.89. The number of nitrogens with one attached hydrogen (secondary N) is 2. The van der Waals surface area contributed by atoms with Crippen LogP contribution in [0, 0.1) is 6.92 Å². The lowest BCUT2D eigenvalue weighted by atomic mass is 10.1. The average molecular weight is 461 g/mol. The van der Waals surface area contributed by atoms with E-state index < -0.39 is 22.0 Å². The third kappa shape index (κ3) is 5.03. The minimum atomic E-state index is -3.95. The number of hydrogen-bond acceptors (Lipinski definition) is 6. The molecular weight excluding hydrogens is 432 g/mol. The normalized spacial score (nSPS) is 15.6. The molecule has 1 aliphatic rings. The summed E-state index contributed by atoms with van der Waals surface area (Å²) in [6.45, 7) is 3.17. The van der Waals surface area contributed by atoms with Gasteiger partial charge in [-0.05, 0) is 43.2 Å². The summed E-state index contributed by atoms with van der Waals surface area (Å²) in [7, 11) is 1.29. The molecule has 2 N–H and O–H groups in total. The molecule has 3 rings (SSSR count). The number of anilines is 2. The highest BCUT2D eigenvalue weighted by atomic mass is 32.2. The van der Waals surface area contributed by atoms with Gasteiger partial charge in [0.05, 0.1) is 17.1 Å². The van der Waals surface area contributed by atoms with Crippen molar-refractivity contribution in [1.29, 1.82) is 0 Å². The fraction of sp³-hybridized carbons (Fsp3) is 0.364. The lowest BCUT2D eigenvalue weighted by molar-refractivity contribution is -0.123. The Labute approximate surface area is 188 Å². The first kappa shape index (κ1) is 23.6. The quantitative estimate of drug-likeness (QED) is 0.651. The van der Waals surface area contributed by atoms with Gasteiger partial charge in [-0.1, -0.05) is 12.1 Å². The average Bonchev–Trinajstić information content (AvgIpc) is 2.73. The molecule has 0 aromatic heterocycles. The van der Waals surface area contributed by atoms with Crippen LogP contribution in [0.25, 0.3) is 0 Å². The van der Waals surface area contributed by atoms with Gasteiger partial charge in [0.2, 0.25) is 15.9 Å². The number of nitrogens with zero attached hydrogens (tertiary/aromatic N) is 2. The molecule has 32 heavy (non-hydrogen) atoms. The summed E-state index contributed by atoms with van der Waals surface area (Å²) in [5, 5.41) is 5.44. The summed E-state index contributed by atoms with van der Waals surface area (Å²) in [5.41, 5.74) is 2.82. The number of ether oxygens (including phenoxy) is 1. The molecule has 0 bridgehead atoms. The number of carbonyl (C=O) groups is 2. The van der Waals surface area contributed by atoms with Crippen LogP contribution >= 0.6 is 0 Å². The van der Waals surface area contributed by atoms with Crippen molar-refractivity contribution >= 4 is 33.2 Å². The van der Waals surface area contributed by atoms with Crippen molar-refractivity contribution in [2.24, 2.45) is 0 Å². The van der Waals surface area contributed by atoms with E-state index in [9.17, 15) is 18.0 Å². The van der Waals surface area contributed by atoms with Crippen LogP contribution in [0.3, 0.4) is 0 Å². The van der Waals surface area contributed by atoms with Gasteiger partial charge in [-0.3, -0.25) is 9.59 Å². The third-order valence-corrected chi connectivity index (χ3v) is 7.15. The summed E-state index contributed by atoms with van der Waals surface area (Å²) in [5.74, 6) is -0.432. The number of benzene rings is 2. The Morgan fingerprint density at radius 1 is 1.16 bits per heavy atom. The fourth-order valence-electron chi connectivity index (χ4n) is 3.24. The van der Waals surface area contributed by atoms with E-state index >= 15 is 0 Å². The molecule has 10 heteroatoms. The maximum Gasteiger partial charge on any atom is 0.265 e. The number of rotatable bonds is 7. The number of likely N-dealkylation sites (N-methyl/N-ethyl adjacent to an activating group) is 1. The first-order valence-electron chi connectivity index (χ1n) is 10.1. The zero-order valence-corrected chi connectivity index (χ0v) is 19.6. The summed E-state index contributed by atoms with van der Waals surface area (Å²) in [6, 6.07) is 10.6. The fourth-order valence-corrected chi connectivity index (χ4v) is 4.59. The van der Waals surface area contributed by atoms with Gasteiger partial charge >= 0.3 is 0 Å². The van der Waals surface area contributed by atoms with Crippen molar-refractivity contribution in [2.75, 3.05) is 37.9 Å². The number of amides is 2. The molecule has 9 nitrogen and oxygen atoms in total. The molecule has 0 spiro atoms. The third-order valence-electron chi connectivity index (χ3n) is 5.20. The van der Waals surface area contributed by atoms with E-state index in [0.29, 0.717) is 17.8 Å². The van der Waals surface area contributed by atoms with Crippen LogP contribution in [-0.2, 0) is 26.2 Å². The predicted molar refractivity (Wildman–Crippen MR) is 122 cm³/mol. The second-order valence-electron chi connectivity index (χ2n) is 7.96. The molecule has 1 heterocycles. The molecule has 1 aliphatic heterocycles. The smallest absolute Gasteiger partial charge is 0.265 e. The van der Waals surface area contributed by atoms with Gasteiger partial charge in [-0.2, -0.15) is 4.31 Å². The number of aryl methyl sites for hydroxylation is 1. The summed E-state index contributed by atoms with van der Waals surface area (Å²) in [6.07, 6.45) is -0.726. The van der Waals surface area contributed by atoms with Crippen molar-refractivity contribution in [3.8, 4) is 5.75 Å². The van der Waals surface area contributed by atoms with Crippen LogP contribution in [0.1, 0.15) is 18.1 Å². The molecule has 172 valence electrons. The Morgan fingerprint density at radius 2 is 1.81 bits per heavy atom. The lowest BCUT2D eigenvalue weighted by Gasteiger charge is -2.25. The standard InChI is InChI=1S/C22H28N4O5S/c1-14-10-18-19(31-15(2)22(28)24-18)11-20(14)32(29,30)26(5)13-21(27)23-12-16-6-8-17(9-7-16)25(3)4/h6-11,15H,12-13H2,1-5H3,(H,23,27)(H,24,28)/t15-/m0/s1. The minimum Gasteiger partial charge on any atom is -0.479 e. The van der Waals surface area contributed by atoms with Crippen molar-refractivity contribution < 1.29 is 22.7 Å². The molecule has 0 radical (unpaired) electrons.